The van der Waals surface area contributed by atoms with Gasteiger partial charge in [-0.1, -0.05) is 52.3 Å². The summed E-state index contributed by atoms with van der Waals surface area (Å²) in [6.45, 7) is 0. The van der Waals surface area contributed by atoms with Crippen LogP contribution in [0.15, 0.2) is 40.9 Å². The molecule has 0 radical (unpaired) electrons. The van der Waals surface area contributed by atoms with Gasteiger partial charge in [0.1, 0.15) is 0 Å². The molecule has 0 heterocycles. The van der Waals surface area contributed by atoms with E-state index in [2.05, 4.69) is 46.3 Å². The van der Waals surface area contributed by atoms with Gasteiger partial charge in [-0.25, -0.2) is 0 Å². The Bertz CT molecular complexity index is 261. The molecule has 2 rings (SSSR count). The Hall–Kier alpha value is -0.560. The van der Waals surface area contributed by atoms with Crippen molar-refractivity contribution in [1.29, 1.82) is 0 Å². The van der Waals surface area contributed by atoms with Crippen LogP contribution in [0.25, 0.3) is 0 Å². The van der Waals surface area contributed by atoms with Crippen LogP contribution in [-0.4, -0.2) is 0 Å². The molecule has 0 N–H and O–H groups in total. The molecule has 1 aromatic carbocycles. The van der Waals surface area contributed by atoms with E-state index in [1.165, 1.54) is 10.0 Å². The number of halogens is 1. The van der Waals surface area contributed by atoms with Crippen molar-refractivity contribution in [2.75, 3.05) is 0 Å². The highest BCUT2D eigenvalue weighted by Gasteiger charge is 2.22. The average molecular weight is 195 g/mol. The lowest BCUT2D eigenvalue weighted by molar-refractivity contribution is 1.23. The minimum atomic E-state index is 0.584. The Morgan fingerprint density at radius 2 is 1.70 bits per heavy atom. The van der Waals surface area contributed by atoms with Crippen molar-refractivity contribution in [1.82, 2.24) is 0 Å². The van der Waals surface area contributed by atoms with E-state index in [4.69, 9.17) is 0 Å². The summed E-state index contributed by atoms with van der Waals surface area (Å²) in [5.74, 6) is 0.584. The maximum atomic E-state index is 3.45. The average Bonchev–Trinajstić information content (AvgIpc) is 2.69. The van der Waals surface area contributed by atoms with Crippen molar-refractivity contribution in [3.05, 3.63) is 46.5 Å². The first-order chi connectivity index (χ1) is 4.88. The maximum Gasteiger partial charge on any atom is 0.0343 e. The summed E-state index contributed by atoms with van der Waals surface area (Å²) in [6.07, 6.45) is 2.20. The van der Waals surface area contributed by atoms with Gasteiger partial charge in [0, 0.05) is 10.4 Å². The number of allylic oxidation sites excluding steroid dienone is 2. The minimum Gasteiger partial charge on any atom is -0.0622 e. The molecule has 0 nitrogen and oxygen atoms in total. The van der Waals surface area contributed by atoms with Gasteiger partial charge >= 0.3 is 0 Å². The van der Waals surface area contributed by atoms with E-state index < -0.39 is 0 Å². The molecule has 0 amide bonds. The fraction of sp³-hybridized carbons (Fsp3) is 0.111. The smallest absolute Gasteiger partial charge is 0.0343 e. The van der Waals surface area contributed by atoms with Crippen LogP contribution in [0.4, 0.5) is 0 Å². The molecule has 10 heavy (non-hydrogen) atoms. The van der Waals surface area contributed by atoms with Gasteiger partial charge in [0.25, 0.3) is 0 Å². The van der Waals surface area contributed by atoms with Gasteiger partial charge < -0.3 is 0 Å². The lowest BCUT2D eigenvalue weighted by Gasteiger charge is -1.94. The van der Waals surface area contributed by atoms with Crippen molar-refractivity contribution in [2.45, 2.75) is 5.92 Å². The van der Waals surface area contributed by atoms with Crippen molar-refractivity contribution in [3.8, 4) is 0 Å². The summed E-state index contributed by atoms with van der Waals surface area (Å²) >= 11 is 3.45. The standard InChI is InChI=1S/C9H7Br/c10-9-6-8(9)7-4-2-1-3-5-7/h1-6,8H. The van der Waals surface area contributed by atoms with E-state index in [0.717, 1.165) is 0 Å². The van der Waals surface area contributed by atoms with Crippen LogP contribution in [0.3, 0.4) is 0 Å². The second kappa shape index (κ2) is 2.24. The minimum absolute atomic E-state index is 0.584. The number of hydrogen-bond acceptors (Lipinski definition) is 0. The molecule has 1 atom stereocenters. The van der Waals surface area contributed by atoms with Crippen LogP contribution in [0.2, 0.25) is 0 Å². The first kappa shape index (κ1) is 6.17. The van der Waals surface area contributed by atoms with Gasteiger partial charge in [-0.3, -0.25) is 0 Å². The second-order valence-electron chi connectivity index (χ2n) is 2.44. The van der Waals surface area contributed by atoms with Crippen molar-refractivity contribution < 1.29 is 0 Å². The molecule has 1 aliphatic rings. The zero-order chi connectivity index (χ0) is 6.97. The molecule has 1 unspecified atom stereocenters. The molecule has 1 heteroatoms. The van der Waals surface area contributed by atoms with Crippen molar-refractivity contribution in [3.63, 3.8) is 0 Å². The van der Waals surface area contributed by atoms with Gasteiger partial charge in [-0.15, -0.1) is 0 Å². The SMILES string of the molecule is BrC1=CC1c1ccccc1. The van der Waals surface area contributed by atoms with E-state index in [9.17, 15) is 0 Å². The normalized spacial score (nSPS) is 22.1. The number of benzene rings is 1. The molecule has 0 aromatic heterocycles. The van der Waals surface area contributed by atoms with Crippen molar-refractivity contribution in [2.24, 2.45) is 0 Å². The first-order valence-corrected chi connectivity index (χ1v) is 4.09. The topological polar surface area (TPSA) is 0 Å². The lowest BCUT2D eigenvalue weighted by atomic mass is 10.1. The van der Waals surface area contributed by atoms with Crippen molar-refractivity contribution >= 4 is 15.9 Å². The Morgan fingerprint density at radius 3 is 2.20 bits per heavy atom. The van der Waals surface area contributed by atoms with Gasteiger partial charge in [0.05, 0.1) is 0 Å². The van der Waals surface area contributed by atoms with Crippen LogP contribution < -0.4 is 0 Å². The molecule has 0 saturated heterocycles. The zero-order valence-corrected chi connectivity index (χ0v) is 7.01. The molecule has 1 aliphatic carbocycles. The highest BCUT2D eigenvalue weighted by molar-refractivity contribution is 9.12. The molecule has 0 fully saturated rings. The van der Waals surface area contributed by atoms with E-state index in [-0.39, 0.29) is 0 Å². The monoisotopic (exact) mass is 194 g/mol. The number of rotatable bonds is 1. The summed E-state index contributed by atoms with van der Waals surface area (Å²) in [5, 5.41) is 0. The molecule has 1 aromatic rings. The molecule has 0 saturated carbocycles. The Balaban J connectivity index is 2.22. The summed E-state index contributed by atoms with van der Waals surface area (Å²) in [6, 6.07) is 10.5. The van der Waals surface area contributed by atoms with Gasteiger partial charge in [-0.05, 0) is 5.56 Å². The molecular weight excluding hydrogens is 188 g/mol. The Labute approximate surface area is 68.7 Å². The largest absolute Gasteiger partial charge is 0.0622 e. The fourth-order valence-corrected chi connectivity index (χ4v) is 1.56. The zero-order valence-electron chi connectivity index (χ0n) is 5.42. The maximum absolute atomic E-state index is 3.45. The predicted octanol–water partition coefficient (Wildman–Crippen LogP) is 3.06. The molecular formula is C9H7Br. The van der Waals surface area contributed by atoms with Crippen LogP contribution in [0, 0.1) is 0 Å². The van der Waals surface area contributed by atoms with E-state index in [1.807, 2.05) is 6.07 Å². The van der Waals surface area contributed by atoms with Crippen LogP contribution in [0.5, 0.6) is 0 Å². The molecule has 0 aliphatic heterocycles. The first-order valence-electron chi connectivity index (χ1n) is 3.30. The van der Waals surface area contributed by atoms with E-state index in [1.54, 1.807) is 0 Å². The fourth-order valence-electron chi connectivity index (χ4n) is 1.03. The van der Waals surface area contributed by atoms with E-state index in [0.29, 0.717) is 5.92 Å². The third-order valence-electron chi connectivity index (χ3n) is 1.67. The molecule has 50 valence electrons. The highest BCUT2D eigenvalue weighted by atomic mass is 79.9. The summed E-state index contributed by atoms with van der Waals surface area (Å²) < 4.78 is 1.32. The van der Waals surface area contributed by atoms with Gasteiger partial charge in [-0.2, -0.15) is 0 Å². The lowest BCUT2D eigenvalue weighted by Crippen LogP contribution is -1.77. The molecule has 0 bridgehead atoms. The van der Waals surface area contributed by atoms with Gasteiger partial charge in [0.15, 0.2) is 0 Å². The molecule has 0 spiro atoms. The quantitative estimate of drug-likeness (QED) is 0.645. The number of hydrogen-bond donors (Lipinski definition) is 0. The third-order valence-corrected chi connectivity index (χ3v) is 2.43. The van der Waals surface area contributed by atoms with Crippen LogP contribution in [0.1, 0.15) is 11.5 Å². The van der Waals surface area contributed by atoms with E-state index >= 15 is 0 Å². The second-order valence-corrected chi connectivity index (χ2v) is 3.36. The predicted molar refractivity (Wildman–Crippen MR) is 46.2 cm³/mol. The summed E-state index contributed by atoms with van der Waals surface area (Å²) in [4.78, 5) is 0. The summed E-state index contributed by atoms with van der Waals surface area (Å²) in [7, 11) is 0. The summed E-state index contributed by atoms with van der Waals surface area (Å²) in [5.41, 5.74) is 1.38. The van der Waals surface area contributed by atoms with Crippen LogP contribution >= 0.6 is 15.9 Å². The Kier molecular flexibility index (Phi) is 1.38. The third kappa shape index (κ3) is 1.01. The van der Waals surface area contributed by atoms with Gasteiger partial charge in [0.2, 0.25) is 0 Å². The highest BCUT2D eigenvalue weighted by Crippen LogP contribution is 2.42. The van der Waals surface area contributed by atoms with Crippen LogP contribution in [-0.2, 0) is 0 Å². The Morgan fingerprint density at radius 1 is 1.10 bits per heavy atom.